The average molecular weight is 241 g/mol. The molecule has 0 fully saturated rings. The van der Waals surface area contributed by atoms with E-state index in [1.807, 2.05) is 0 Å². The lowest BCUT2D eigenvalue weighted by Gasteiger charge is -2.07. The molecule has 1 aromatic carbocycles. The Morgan fingerprint density at radius 3 is 2.50 bits per heavy atom. The highest BCUT2D eigenvalue weighted by atomic mass is 35.5. The van der Waals surface area contributed by atoms with Gasteiger partial charge in [-0.15, -0.1) is 0 Å². The molecular formula is C12H13ClO3. The van der Waals surface area contributed by atoms with E-state index < -0.39 is 11.8 Å². The molecule has 0 spiro atoms. The van der Waals surface area contributed by atoms with Gasteiger partial charge in [0, 0.05) is 11.4 Å². The molecular weight excluding hydrogens is 228 g/mol. The van der Waals surface area contributed by atoms with Gasteiger partial charge in [-0.2, -0.15) is 0 Å². The van der Waals surface area contributed by atoms with Crippen molar-refractivity contribution in [3.8, 4) is 0 Å². The number of Topliss-reactive ketones (excluding diaryl/α,β-unsaturated/α-hetero) is 1. The molecule has 4 heteroatoms. The van der Waals surface area contributed by atoms with Crippen LogP contribution in [0.2, 0.25) is 5.02 Å². The van der Waals surface area contributed by atoms with E-state index in [9.17, 15) is 9.59 Å². The number of halogens is 1. The summed E-state index contributed by atoms with van der Waals surface area (Å²) in [7, 11) is 0. The van der Waals surface area contributed by atoms with Gasteiger partial charge in [0.25, 0.3) is 0 Å². The van der Waals surface area contributed by atoms with Gasteiger partial charge in [0.1, 0.15) is 0 Å². The molecule has 0 N–H and O–H groups in total. The van der Waals surface area contributed by atoms with Gasteiger partial charge in [0.15, 0.2) is 0 Å². The molecule has 0 aliphatic carbocycles. The van der Waals surface area contributed by atoms with E-state index in [1.165, 1.54) is 0 Å². The van der Waals surface area contributed by atoms with Crippen molar-refractivity contribution in [2.24, 2.45) is 0 Å². The Hall–Kier alpha value is -1.35. The molecule has 0 aliphatic heterocycles. The zero-order chi connectivity index (χ0) is 12.1. The third kappa shape index (κ3) is 3.66. The minimum atomic E-state index is -0.810. The van der Waals surface area contributed by atoms with E-state index in [2.05, 4.69) is 0 Å². The van der Waals surface area contributed by atoms with Crippen molar-refractivity contribution in [1.29, 1.82) is 0 Å². The molecule has 0 atom stereocenters. The van der Waals surface area contributed by atoms with Crippen LogP contribution in [-0.2, 0) is 20.7 Å². The van der Waals surface area contributed by atoms with Crippen LogP contribution in [0.5, 0.6) is 0 Å². The van der Waals surface area contributed by atoms with Crippen LogP contribution in [0.15, 0.2) is 24.3 Å². The molecule has 1 rings (SSSR count). The Morgan fingerprint density at radius 2 is 1.94 bits per heavy atom. The van der Waals surface area contributed by atoms with Crippen molar-refractivity contribution in [1.82, 2.24) is 0 Å². The minimum Gasteiger partial charge on any atom is -0.457 e. The summed E-state index contributed by atoms with van der Waals surface area (Å²) in [6.07, 6.45) is -0.312. The van der Waals surface area contributed by atoms with Crippen LogP contribution in [0, 0.1) is 0 Å². The molecule has 0 bridgehead atoms. The number of esters is 1. The van der Waals surface area contributed by atoms with Gasteiger partial charge in [-0.3, -0.25) is 4.79 Å². The summed E-state index contributed by atoms with van der Waals surface area (Å²) in [6.45, 7) is 3.39. The first-order valence-corrected chi connectivity index (χ1v) is 5.35. The van der Waals surface area contributed by atoms with Gasteiger partial charge in [-0.05, 0) is 25.5 Å². The van der Waals surface area contributed by atoms with Gasteiger partial charge in [-0.1, -0.05) is 29.8 Å². The maximum absolute atomic E-state index is 11.5. The summed E-state index contributed by atoms with van der Waals surface area (Å²) < 4.78 is 4.79. The fourth-order valence-electron chi connectivity index (χ4n) is 1.17. The largest absolute Gasteiger partial charge is 0.457 e. The molecule has 0 aromatic heterocycles. The normalized spacial score (nSPS) is 10.2. The van der Waals surface area contributed by atoms with Crippen LogP contribution in [0.1, 0.15) is 19.4 Å². The first-order chi connectivity index (χ1) is 7.50. The number of carbonyl (C=O) groups is 2. The van der Waals surface area contributed by atoms with Crippen LogP contribution in [0.3, 0.4) is 0 Å². The number of carbonyl (C=O) groups excluding carboxylic acids is 2. The van der Waals surface area contributed by atoms with Crippen molar-refractivity contribution < 1.29 is 14.3 Å². The molecule has 0 amide bonds. The molecule has 0 radical (unpaired) electrons. The molecule has 0 saturated heterocycles. The third-order valence-electron chi connectivity index (χ3n) is 1.88. The fraction of sp³-hybridized carbons (Fsp3) is 0.333. The topological polar surface area (TPSA) is 43.4 Å². The first-order valence-electron chi connectivity index (χ1n) is 4.98. The van der Waals surface area contributed by atoms with E-state index in [4.69, 9.17) is 16.3 Å². The second-order valence-corrected chi connectivity index (χ2v) is 4.05. The molecule has 0 heterocycles. The summed E-state index contributed by atoms with van der Waals surface area (Å²) >= 11 is 5.87. The second-order valence-electron chi connectivity index (χ2n) is 3.65. The van der Waals surface area contributed by atoms with Gasteiger partial charge >= 0.3 is 5.97 Å². The highest BCUT2D eigenvalue weighted by Crippen LogP contribution is 2.15. The maximum Gasteiger partial charge on any atom is 0.375 e. The SMILES string of the molecule is CC(C)OC(=O)C(=O)Cc1ccccc1Cl. The number of ketones is 1. The molecule has 16 heavy (non-hydrogen) atoms. The summed E-state index contributed by atoms with van der Waals surface area (Å²) in [4.78, 5) is 22.7. The van der Waals surface area contributed by atoms with Gasteiger partial charge < -0.3 is 4.74 Å². The Morgan fingerprint density at radius 1 is 1.31 bits per heavy atom. The molecule has 1 aromatic rings. The number of rotatable bonds is 4. The van der Waals surface area contributed by atoms with Crippen molar-refractivity contribution in [2.45, 2.75) is 26.4 Å². The summed E-state index contributed by atoms with van der Waals surface area (Å²) in [6, 6.07) is 6.92. The van der Waals surface area contributed by atoms with E-state index in [1.54, 1.807) is 38.1 Å². The zero-order valence-corrected chi connectivity index (χ0v) is 9.95. The van der Waals surface area contributed by atoms with Crippen LogP contribution in [0.4, 0.5) is 0 Å². The van der Waals surface area contributed by atoms with Crippen molar-refractivity contribution in [2.75, 3.05) is 0 Å². The second kappa shape index (κ2) is 5.66. The Balaban J connectivity index is 2.65. The fourth-order valence-corrected chi connectivity index (χ4v) is 1.37. The quantitative estimate of drug-likeness (QED) is 0.600. The van der Waals surface area contributed by atoms with Crippen molar-refractivity contribution in [3.05, 3.63) is 34.9 Å². The average Bonchev–Trinajstić information content (AvgIpc) is 2.20. The monoisotopic (exact) mass is 240 g/mol. The summed E-state index contributed by atoms with van der Waals surface area (Å²) in [5, 5.41) is 0.480. The molecule has 0 aliphatic rings. The summed E-state index contributed by atoms with van der Waals surface area (Å²) in [5.74, 6) is -1.39. The summed E-state index contributed by atoms with van der Waals surface area (Å²) in [5.41, 5.74) is 0.634. The first kappa shape index (κ1) is 12.7. The lowest BCUT2D eigenvalue weighted by Crippen LogP contribution is -2.22. The molecule has 3 nitrogen and oxygen atoms in total. The maximum atomic E-state index is 11.5. The van der Waals surface area contributed by atoms with Crippen LogP contribution in [0.25, 0.3) is 0 Å². The standard InChI is InChI=1S/C12H13ClO3/c1-8(2)16-12(15)11(14)7-9-5-3-4-6-10(9)13/h3-6,8H,7H2,1-2H3. The lowest BCUT2D eigenvalue weighted by atomic mass is 10.1. The van der Waals surface area contributed by atoms with Crippen LogP contribution < -0.4 is 0 Å². The lowest BCUT2D eigenvalue weighted by molar-refractivity contribution is -0.156. The number of hydrogen-bond donors (Lipinski definition) is 0. The Labute approximate surface area is 99.4 Å². The van der Waals surface area contributed by atoms with Crippen molar-refractivity contribution in [3.63, 3.8) is 0 Å². The van der Waals surface area contributed by atoms with Gasteiger partial charge in [0.05, 0.1) is 6.10 Å². The number of benzene rings is 1. The number of hydrogen-bond acceptors (Lipinski definition) is 3. The van der Waals surface area contributed by atoms with Crippen molar-refractivity contribution >= 4 is 23.4 Å². The molecule has 0 unspecified atom stereocenters. The van der Waals surface area contributed by atoms with E-state index in [-0.39, 0.29) is 12.5 Å². The van der Waals surface area contributed by atoms with Crippen LogP contribution >= 0.6 is 11.6 Å². The highest BCUT2D eigenvalue weighted by molar-refractivity contribution is 6.35. The van der Waals surface area contributed by atoms with E-state index >= 15 is 0 Å². The minimum absolute atomic E-state index is 0.0226. The Bertz CT molecular complexity index is 399. The Kier molecular flexibility index (Phi) is 4.50. The highest BCUT2D eigenvalue weighted by Gasteiger charge is 2.18. The molecule has 86 valence electrons. The van der Waals surface area contributed by atoms with E-state index in [0.717, 1.165) is 0 Å². The number of ether oxygens (including phenoxy) is 1. The molecule has 0 saturated carbocycles. The zero-order valence-electron chi connectivity index (χ0n) is 9.20. The third-order valence-corrected chi connectivity index (χ3v) is 2.25. The van der Waals surface area contributed by atoms with Gasteiger partial charge in [0.2, 0.25) is 5.78 Å². The predicted octanol–water partition coefficient (Wildman–Crippen LogP) is 2.40. The smallest absolute Gasteiger partial charge is 0.375 e. The van der Waals surface area contributed by atoms with Gasteiger partial charge in [-0.25, -0.2) is 4.79 Å². The van der Waals surface area contributed by atoms with Crippen LogP contribution in [-0.4, -0.2) is 17.9 Å². The van der Waals surface area contributed by atoms with E-state index in [0.29, 0.717) is 10.6 Å². The predicted molar refractivity (Wildman–Crippen MR) is 61.4 cm³/mol.